The second-order valence-electron chi connectivity index (χ2n) is 3.70. The Morgan fingerprint density at radius 1 is 1.33 bits per heavy atom. The maximum Gasteiger partial charge on any atom is 0.364 e. The molecular weight excluding hydrogens is 278 g/mol. The third-order valence-corrected chi connectivity index (χ3v) is 3.60. The molecule has 0 saturated carbocycles. The minimum absolute atomic E-state index is 0.221. The first kappa shape index (κ1) is 11.4. The van der Waals surface area contributed by atoms with Crippen LogP contribution in [-0.2, 0) is 10.2 Å². The van der Waals surface area contributed by atoms with Crippen LogP contribution in [0, 0.1) is 0 Å². The normalized spacial score (nSPS) is 19.3. The van der Waals surface area contributed by atoms with Crippen LogP contribution in [0.4, 0.5) is 5.69 Å². The van der Waals surface area contributed by atoms with E-state index in [4.69, 9.17) is 11.6 Å². The van der Waals surface area contributed by atoms with E-state index in [1.807, 2.05) is 0 Å². The van der Waals surface area contributed by atoms with Gasteiger partial charge < -0.3 is 10.6 Å². The van der Waals surface area contributed by atoms with Crippen LogP contribution in [0.15, 0.2) is 25.9 Å². The molecule has 0 aliphatic carbocycles. The van der Waals surface area contributed by atoms with E-state index >= 15 is 0 Å². The maximum absolute atomic E-state index is 11.3. The summed E-state index contributed by atoms with van der Waals surface area (Å²) < 4.78 is 29.7. The number of halogens is 1. The van der Waals surface area contributed by atoms with Crippen molar-refractivity contribution >= 4 is 33.5 Å². The minimum Gasteiger partial charge on any atom is -0.354 e. The lowest BCUT2D eigenvalue weighted by Crippen LogP contribution is -2.32. The van der Waals surface area contributed by atoms with Crippen LogP contribution in [0.25, 0.3) is 0 Å². The Hall–Kier alpha value is -1.67. The molecule has 2 aliphatic heterocycles. The van der Waals surface area contributed by atoms with Crippen LogP contribution in [0.2, 0.25) is 5.02 Å². The van der Waals surface area contributed by atoms with E-state index in [-0.39, 0.29) is 10.7 Å². The van der Waals surface area contributed by atoms with Gasteiger partial charge in [0.1, 0.15) is 10.7 Å². The van der Waals surface area contributed by atoms with Crippen LogP contribution >= 0.6 is 11.6 Å². The summed E-state index contributed by atoms with van der Waals surface area (Å²) in [5, 5.41) is 6.80. The Morgan fingerprint density at radius 3 is 2.89 bits per heavy atom. The molecule has 9 heteroatoms. The minimum atomic E-state index is -3.79. The predicted octanol–water partition coefficient (Wildman–Crippen LogP) is -0.791. The Kier molecular flexibility index (Phi) is 2.49. The molecule has 18 heavy (non-hydrogen) atoms. The summed E-state index contributed by atoms with van der Waals surface area (Å²) in [7, 11) is -3.79. The zero-order chi connectivity index (χ0) is 12.8. The van der Waals surface area contributed by atoms with Gasteiger partial charge in [-0.05, 0) is 12.1 Å². The van der Waals surface area contributed by atoms with Gasteiger partial charge in [0, 0.05) is 6.54 Å². The Balaban J connectivity index is 2.17. The van der Waals surface area contributed by atoms with Gasteiger partial charge in [0.15, 0.2) is 5.96 Å². The molecule has 0 bridgehead atoms. The largest absolute Gasteiger partial charge is 0.364 e. The number of guanidine groups is 1. The molecule has 3 rings (SSSR count). The SMILES string of the molecule is O=S1(=O)N=c2ccc(Cl)c(NC3=NCCN3)c2=N1. The average molecular weight is 286 g/mol. The van der Waals surface area contributed by atoms with Gasteiger partial charge in [-0.1, -0.05) is 11.6 Å². The summed E-state index contributed by atoms with van der Waals surface area (Å²) in [5.74, 6) is 0.546. The molecule has 1 aromatic carbocycles. The van der Waals surface area contributed by atoms with Gasteiger partial charge in [-0.15, -0.1) is 8.80 Å². The lowest BCUT2D eigenvalue weighted by molar-refractivity contribution is 0.599. The highest BCUT2D eigenvalue weighted by Crippen LogP contribution is 2.16. The van der Waals surface area contributed by atoms with Gasteiger partial charge >= 0.3 is 10.2 Å². The van der Waals surface area contributed by atoms with Gasteiger partial charge in [0.25, 0.3) is 0 Å². The van der Waals surface area contributed by atoms with E-state index in [1.54, 1.807) is 6.07 Å². The quantitative estimate of drug-likeness (QED) is 0.707. The summed E-state index contributed by atoms with van der Waals surface area (Å²) >= 11 is 6.04. The monoisotopic (exact) mass is 285 g/mol. The van der Waals surface area contributed by atoms with Gasteiger partial charge in [-0.2, -0.15) is 8.42 Å². The molecular formula is C9H8ClN5O2S. The van der Waals surface area contributed by atoms with Crippen molar-refractivity contribution in [3.63, 3.8) is 0 Å². The van der Waals surface area contributed by atoms with Crippen molar-refractivity contribution in [2.24, 2.45) is 13.8 Å². The smallest absolute Gasteiger partial charge is 0.354 e. The molecule has 2 heterocycles. The molecule has 2 N–H and O–H groups in total. The number of aliphatic imine (C=N–C) groups is 1. The van der Waals surface area contributed by atoms with E-state index in [2.05, 4.69) is 24.4 Å². The summed E-state index contributed by atoms with van der Waals surface area (Å²) in [4.78, 5) is 4.15. The Labute approximate surface area is 107 Å². The van der Waals surface area contributed by atoms with E-state index in [9.17, 15) is 8.42 Å². The summed E-state index contributed by atoms with van der Waals surface area (Å²) in [5.41, 5.74) is 0.396. The first-order valence-corrected chi connectivity index (χ1v) is 6.91. The van der Waals surface area contributed by atoms with Crippen molar-refractivity contribution in [1.82, 2.24) is 5.32 Å². The molecule has 7 nitrogen and oxygen atoms in total. The average Bonchev–Trinajstić information content (AvgIpc) is 2.89. The first-order chi connectivity index (χ1) is 8.55. The van der Waals surface area contributed by atoms with Gasteiger partial charge in [-0.25, -0.2) is 0 Å². The topological polar surface area (TPSA) is 95.3 Å². The highest BCUT2D eigenvalue weighted by molar-refractivity contribution is 7.88. The molecule has 0 saturated heterocycles. The number of benzene rings is 1. The molecule has 0 spiro atoms. The van der Waals surface area contributed by atoms with Gasteiger partial charge in [0.05, 0.1) is 17.3 Å². The molecule has 1 aromatic rings. The summed E-state index contributed by atoms with van der Waals surface area (Å²) in [6.45, 7) is 1.39. The second-order valence-corrected chi connectivity index (χ2v) is 5.37. The molecule has 0 atom stereocenters. The number of anilines is 1. The fourth-order valence-corrected chi connectivity index (χ4v) is 2.75. The van der Waals surface area contributed by atoms with E-state index < -0.39 is 10.2 Å². The summed E-state index contributed by atoms with van der Waals surface area (Å²) in [6.07, 6.45) is 0. The van der Waals surface area contributed by atoms with Crippen molar-refractivity contribution in [2.75, 3.05) is 18.4 Å². The molecule has 94 valence electrons. The van der Waals surface area contributed by atoms with Crippen molar-refractivity contribution in [3.8, 4) is 0 Å². The zero-order valence-corrected chi connectivity index (χ0v) is 10.6. The number of hydrogen-bond acceptors (Lipinski definition) is 5. The summed E-state index contributed by atoms with van der Waals surface area (Å²) in [6, 6.07) is 3.08. The van der Waals surface area contributed by atoms with Crippen molar-refractivity contribution in [3.05, 3.63) is 27.9 Å². The number of nitrogens with one attached hydrogen (secondary N) is 2. The van der Waals surface area contributed by atoms with Crippen LogP contribution in [0.1, 0.15) is 0 Å². The standard InChI is InChI=1S/C9H8ClN5O2S/c10-5-1-2-6-8(15-18(16,17)14-6)7(5)13-9-11-3-4-12-9/h1-2H,3-4H2,(H2,11,12,13). The predicted molar refractivity (Wildman–Crippen MR) is 66.6 cm³/mol. The molecule has 0 unspecified atom stereocenters. The lowest BCUT2D eigenvalue weighted by atomic mass is 10.3. The van der Waals surface area contributed by atoms with E-state index in [0.29, 0.717) is 23.2 Å². The number of rotatable bonds is 1. The second kappa shape index (κ2) is 3.92. The fourth-order valence-electron chi connectivity index (χ4n) is 1.70. The highest BCUT2D eigenvalue weighted by atomic mass is 35.5. The van der Waals surface area contributed by atoms with E-state index in [0.717, 1.165) is 6.54 Å². The third kappa shape index (κ3) is 1.93. The van der Waals surface area contributed by atoms with Crippen molar-refractivity contribution in [2.45, 2.75) is 0 Å². The molecule has 0 fully saturated rings. The number of hydrogen-bond donors (Lipinski definition) is 2. The Morgan fingerprint density at radius 2 is 2.17 bits per heavy atom. The van der Waals surface area contributed by atoms with Crippen LogP contribution in [0.5, 0.6) is 0 Å². The third-order valence-electron chi connectivity index (χ3n) is 2.44. The van der Waals surface area contributed by atoms with Gasteiger partial charge in [-0.3, -0.25) is 4.99 Å². The first-order valence-electron chi connectivity index (χ1n) is 5.14. The molecule has 2 aliphatic rings. The van der Waals surface area contributed by atoms with Crippen LogP contribution in [0.3, 0.4) is 0 Å². The lowest BCUT2D eigenvalue weighted by Gasteiger charge is -2.07. The van der Waals surface area contributed by atoms with Gasteiger partial charge in [0.2, 0.25) is 0 Å². The highest BCUT2D eigenvalue weighted by Gasteiger charge is 2.18. The molecule has 0 amide bonds. The van der Waals surface area contributed by atoms with Crippen LogP contribution in [-0.4, -0.2) is 27.5 Å². The fraction of sp³-hybridized carbons (Fsp3) is 0.222. The zero-order valence-electron chi connectivity index (χ0n) is 9.01. The number of nitrogens with zero attached hydrogens (tertiary/aromatic N) is 3. The van der Waals surface area contributed by atoms with E-state index in [1.165, 1.54) is 6.07 Å². The number of fused-ring (bicyclic) bond motifs is 1. The maximum atomic E-state index is 11.3. The Bertz CT molecular complexity index is 771. The molecule has 0 radical (unpaired) electrons. The van der Waals surface area contributed by atoms with Crippen molar-refractivity contribution in [1.29, 1.82) is 0 Å². The molecule has 0 aromatic heterocycles. The van der Waals surface area contributed by atoms with Crippen LogP contribution < -0.4 is 21.3 Å². The van der Waals surface area contributed by atoms with Crippen molar-refractivity contribution < 1.29 is 8.42 Å².